The fraction of sp³-hybridized carbons (Fsp3) is 0.476. The predicted molar refractivity (Wildman–Crippen MR) is 97.4 cm³/mol. The summed E-state index contributed by atoms with van der Waals surface area (Å²) in [6.45, 7) is 7.72. The lowest BCUT2D eigenvalue weighted by molar-refractivity contribution is -0.139. The zero-order valence-electron chi connectivity index (χ0n) is 15.6. The van der Waals surface area contributed by atoms with Crippen LogP contribution in [-0.2, 0) is 14.3 Å². The van der Waals surface area contributed by atoms with E-state index in [2.05, 4.69) is 4.99 Å². The predicted octanol–water partition coefficient (Wildman–Crippen LogP) is 4.21. The van der Waals surface area contributed by atoms with Crippen molar-refractivity contribution in [1.82, 2.24) is 0 Å². The first kappa shape index (κ1) is 18.5. The molecule has 5 heteroatoms. The molecule has 1 aromatic rings. The molecule has 0 aromatic heterocycles. The topological polar surface area (TPSA) is 55.7 Å². The molecule has 0 bridgehead atoms. The van der Waals surface area contributed by atoms with E-state index in [9.17, 15) is 14.0 Å². The van der Waals surface area contributed by atoms with Crippen LogP contribution in [0.4, 0.5) is 4.39 Å². The van der Waals surface area contributed by atoms with Gasteiger partial charge in [0.1, 0.15) is 11.6 Å². The van der Waals surface area contributed by atoms with Gasteiger partial charge in [0, 0.05) is 23.7 Å². The number of halogens is 1. The van der Waals surface area contributed by atoms with Crippen LogP contribution in [0.3, 0.4) is 0 Å². The molecule has 138 valence electrons. The second-order valence-electron chi connectivity index (χ2n) is 7.78. The first-order valence-corrected chi connectivity index (χ1v) is 8.97. The largest absolute Gasteiger partial charge is 0.463 e. The molecule has 0 radical (unpaired) electrons. The van der Waals surface area contributed by atoms with Crippen molar-refractivity contribution in [2.24, 2.45) is 16.3 Å². The standard InChI is InChI=1S/C21H24FNO3/c1-5-26-20(25)17-12(2)23-15-10-21(3,4)11-16(24)19(15)18(17)13-8-6-7-9-14(13)22/h6-9,18-19H,5,10-11H2,1-4H3/t18-,19-/m1/s1. The van der Waals surface area contributed by atoms with Gasteiger partial charge in [-0.3, -0.25) is 9.79 Å². The highest BCUT2D eigenvalue weighted by Gasteiger charge is 2.48. The lowest BCUT2D eigenvalue weighted by atomic mass is 9.63. The Morgan fingerprint density at radius 1 is 1.27 bits per heavy atom. The maximum Gasteiger partial charge on any atom is 0.336 e. The molecule has 1 heterocycles. The van der Waals surface area contributed by atoms with Gasteiger partial charge < -0.3 is 4.74 Å². The van der Waals surface area contributed by atoms with E-state index in [4.69, 9.17) is 4.74 Å². The molecule has 1 aromatic carbocycles. The van der Waals surface area contributed by atoms with Gasteiger partial charge in [-0.25, -0.2) is 9.18 Å². The van der Waals surface area contributed by atoms with Gasteiger partial charge in [0.15, 0.2) is 0 Å². The zero-order valence-corrected chi connectivity index (χ0v) is 15.6. The molecule has 3 rings (SSSR count). The number of hydrogen-bond donors (Lipinski definition) is 0. The summed E-state index contributed by atoms with van der Waals surface area (Å²) in [7, 11) is 0. The molecule has 2 atom stereocenters. The molecule has 0 saturated heterocycles. The first-order chi connectivity index (χ1) is 12.2. The van der Waals surface area contributed by atoms with Gasteiger partial charge in [0.25, 0.3) is 0 Å². The Balaban J connectivity index is 2.20. The van der Waals surface area contributed by atoms with Gasteiger partial charge in [0.2, 0.25) is 0 Å². The molecule has 0 amide bonds. The Morgan fingerprint density at radius 3 is 2.62 bits per heavy atom. The normalized spacial score (nSPS) is 24.8. The number of aliphatic imine (C=N–C) groups is 1. The molecule has 26 heavy (non-hydrogen) atoms. The highest BCUT2D eigenvalue weighted by atomic mass is 19.1. The Kier molecular flexibility index (Phi) is 4.82. The van der Waals surface area contributed by atoms with Crippen LogP contribution >= 0.6 is 0 Å². The van der Waals surface area contributed by atoms with Crippen molar-refractivity contribution in [2.45, 2.75) is 46.5 Å². The van der Waals surface area contributed by atoms with Crippen molar-refractivity contribution >= 4 is 17.5 Å². The molecule has 1 aliphatic heterocycles. The SMILES string of the molecule is CCOC(=O)C1=C(C)N=C2CC(C)(C)CC(=O)[C@@H]2[C@@H]1c1ccccc1F. The smallest absolute Gasteiger partial charge is 0.336 e. The van der Waals surface area contributed by atoms with Crippen molar-refractivity contribution in [3.05, 3.63) is 46.9 Å². The number of hydrogen-bond acceptors (Lipinski definition) is 4. The average molecular weight is 357 g/mol. The summed E-state index contributed by atoms with van der Waals surface area (Å²) in [4.78, 5) is 30.2. The van der Waals surface area contributed by atoms with E-state index < -0.39 is 23.6 Å². The number of carbonyl (C=O) groups excluding carboxylic acids is 2. The molecule has 1 aliphatic carbocycles. The number of rotatable bonds is 3. The maximum absolute atomic E-state index is 14.6. The third-order valence-electron chi connectivity index (χ3n) is 5.10. The van der Waals surface area contributed by atoms with E-state index in [1.165, 1.54) is 6.07 Å². The lowest BCUT2D eigenvalue weighted by Gasteiger charge is -2.41. The van der Waals surface area contributed by atoms with E-state index in [-0.39, 0.29) is 17.8 Å². The summed E-state index contributed by atoms with van der Waals surface area (Å²) in [6.07, 6.45) is 1.04. The van der Waals surface area contributed by atoms with Crippen LogP contribution in [0.5, 0.6) is 0 Å². The van der Waals surface area contributed by atoms with Gasteiger partial charge in [-0.2, -0.15) is 0 Å². The Labute approximate surface area is 153 Å². The summed E-state index contributed by atoms with van der Waals surface area (Å²) in [5.41, 5.74) is 1.70. The maximum atomic E-state index is 14.6. The van der Waals surface area contributed by atoms with E-state index in [0.717, 1.165) is 5.71 Å². The van der Waals surface area contributed by atoms with Gasteiger partial charge in [-0.05, 0) is 37.3 Å². The minimum absolute atomic E-state index is 0.00236. The van der Waals surface area contributed by atoms with Crippen LogP contribution in [0.1, 0.15) is 52.0 Å². The number of carbonyl (C=O) groups is 2. The third kappa shape index (κ3) is 3.22. The molecule has 1 fully saturated rings. The molecular formula is C21H24FNO3. The van der Waals surface area contributed by atoms with Crippen molar-refractivity contribution < 1.29 is 18.7 Å². The second kappa shape index (κ2) is 6.78. The van der Waals surface area contributed by atoms with Crippen LogP contribution in [0, 0.1) is 17.2 Å². The minimum atomic E-state index is -0.689. The van der Waals surface area contributed by atoms with Crippen LogP contribution in [-0.4, -0.2) is 24.1 Å². The van der Waals surface area contributed by atoms with Crippen LogP contribution in [0.2, 0.25) is 0 Å². The number of esters is 1. The number of ether oxygens (including phenoxy) is 1. The Hall–Kier alpha value is -2.30. The van der Waals surface area contributed by atoms with Crippen molar-refractivity contribution in [1.29, 1.82) is 0 Å². The van der Waals surface area contributed by atoms with Crippen molar-refractivity contribution in [2.75, 3.05) is 6.61 Å². The van der Waals surface area contributed by atoms with E-state index in [1.54, 1.807) is 32.0 Å². The Morgan fingerprint density at radius 2 is 1.96 bits per heavy atom. The number of fused-ring (bicyclic) bond motifs is 1. The highest BCUT2D eigenvalue weighted by molar-refractivity contribution is 6.12. The highest BCUT2D eigenvalue weighted by Crippen LogP contribution is 2.47. The Bertz CT molecular complexity index is 822. The van der Waals surface area contributed by atoms with Crippen molar-refractivity contribution in [3.63, 3.8) is 0 Å². The van der Waals surface area contributed by atoms with E-state index >= 15 is 0 Å². The van der Waals surface area contributed by atoms with Gasteiger partial charge in [-0.15, -0.1) is 0 Å². The summed E-state index contributed by atoms with van der Waals surface area (Å²) in [6, 6.07) is 6.32. The van der Waals surface area contributed by atoms with Gasteiger partial charge in [0.05, 0.1) is 18.1 Å². The molecular weight excluding hydrogens is 333 g/mol. The fourth-order valence-electron chi connectivity index (χ4n) is 4.13. The lowest BCUT2D eigenvalue weighted by Crippen LogP contribution is -2.44. The summed E-state index contributed by atoms with van der Waals surface area (Å²) in [5.74, 6) is -2.25. The third-order valence-corrected chi connectivity index (χ3v) is 5.10. The fourth-order valence-corrected chi connectivity index (χ4v) is 4.13. The van der Waals surface area contributed by atoms with Crippen LogP contribution in [0.25, 0.3) is 0 Å². The molecule has 0 spiro atoms. The van der Waals surface area contributed by atoms with E-state index in [1.807, 2.05) is 13.8 Å². The second-order valence-corrected chi connectivity index (χ2v) is 7.78. The molecule has 0 unspecified atom stereocenters. The minimum Gasteiger partial charge on any atom is -0.463 e. The number of nitrogens with zero attached hydrogens (tertiary/aromatic N) is 1. The number of ketones is 1. The van der Waals surface area contributed by atoms with E-state index in [0.29, 0.717) is 29.7 Å². The van der Waals surface area contributed by atoms with Crippen LogP contribution < -0.4 is 0 Å². The average Bonchev–Trinajstić information content (AvgIpc) is 2.53. The number of benzene rings is 1. The molecule has 2 aliphatic rings. The summed E-state index contributed by atoms with van der Waals surface area (Å²) >= 11 is 0. The summed E-state index contributed by atoms with van der Waals surface area (Å²) < 4.78 is 19.8. The zero-order chi connectivity index (χ0) is 19.1. The van der Waals surface area contributed by atoms with Gasteiger partial charge in [-0.1, -0.05) is 32.0 Å². The molecule has 1 saturated carbocycles. The van der Waals surface area contributed by atoms with Crippen LogP contribution in [0.15, 0.2) is 40.5 Å². The molecule has 4 nitrogen and oxygen atoms in total. The van der Waals surface area contributed by atoms with Crippen molar-refractivity contribution in [3.8, 4) is 0 Å². The summed E-state index contributed by atoms with van der Waals surface area (Å²) in [5, 5.41) is 0. The number of allylic oxidation sites excluding steroid dienone is 1. The quantitative estimate of drug-likeness (QED) is 0.762. The molecule has 0 N–H and O–H groups in total. The monoisotopic (exact) mass is 357 g/mol. The first-order valence-electron chi connectivity index (χ1n) is 8.97. The number of Topliss-reactive ketones (excluding diaryl/α,β-unsaturated/α-hetero) is 1. The van der Waals surface area contributed by atoms with Gasteiger partial charge >= 0.3 is 5.97 Å².